The second kappa shape index (κ2) is 9.63. The number of carbonyl (C=O) groups excluding carboxylic acids is 2. The van der Waals surface area contributed by atoms with E-state index < -0.39 is 0 Å². The largest absolute Gasteiger partial charge is 0.493 e. The van der Waals surface area contributed by atoms with Crippen LogP contribution in [0.2, 0.25) is 0 Å². The van der Waals surface area contributed by atoms with Gasteiger partial charge < -0.3 is 9.47 Å². The van der Waals surface area contributed by atoms with Gasteiger partial charge in [-0.25, -0.2) is 0 Å². The average Bonchev–Trinajstić information content (AvgIpc) is 3.05. The van der Waals surface area contributed by atoms with E-state index in [1.165, 1.54) is 4.90 Å². The molecule has 1 aliphatic rings. The van der Waals surface area contributed by atoms with Gasteiger partial charge >= 0.3 is 0 Å². The van der Waals surface area contributed by atoms with Crippen LogP contribution in [-0.2, 0) is 11.3 Å². The molecular weight excluding hydrogens is 490 g/mol. The number of hydrogen-bond donors (Lipinski definition) is 0. The van der Waals surface area contributed by atoms with Gasteiger partial charge in [-0.1, -0.05) is 55.1 Å². The molecule has 4 rings (SSSR count). The maximum Gasteiger partial charge on any atom is 0.293 e. The van der Waals surface area contributed by atoms with E-state index in [4.69, 9.17) is 9.47 Å². The monoisotopic (exact) mass is 509 g/mol. The number of benzene rings is 3. The molecule has 5 nitrogen and oxygen atoms in total. The van der Waals surface area contributed by atoms with Gasteiger partial charge in [0.2, 0.25) is 0 Å². The molecule has 3 aromatic rings. The van der Waals surface area contributed by atoms with Crippen LogP contribution >= 0.6 is 27.7 Å². The normalized spacial score (nSPS) is 14.9. The Bertz CT molecular complexity index is 1250. The van der Waals surface area contributed by atoms with Crippen molar-refractivity contribution in [3.8, 4) is 11.5 Å². The maximum atomic E-state index is 13.0. The highest BCUT2D eigenvalue weighted by Crippen LogP contribution is 2.39. The van der Waals surface area contributed by atoms with Crippen LogP contribution in [0.15, 0.2) is 76.6 Å². The summed E-state index contributed by atoms with van der Waals surface area (Å²) in [7, 11) is 1.55. The lowest BCUT2D eigenvalue weighted by Crippen LogP contribution is -2.27. The summed E-state index contributed by atoms with van der Waals surface area (Å²) in [5.41, 5.74) is 1.65. The summed E-state index contributed by atoms with van der Waals surface area (Å²) in [5, 5.41) is 1.82. The number of hydrogen-bond acceptors (Lipinski definition) is 5. The molecule has 0 bridgehead atoms. The molecule has 0 unspecified atom stereocenters. The lowest BCUT2D eigenvalue weighted by molar-refractivity contribution is -0.123. The SMILES string of the molecule is C=CCOc1c(Br)cc(/C=C2\SC(=O)N(Cc3cccc4ccccc34)C2=O)cc1OC. The summed E-state index contributed by atoms with van der Waals surface area (Å²) >= 11 is 4.42. The number of ether oxygens (including phenoxy) is 2. The van der Waals surface area contributed by atoms with Crippen molar-refractivity contribution in [2.75, 3.05) is 13.7 Å². The number of nitrogens with zero attached hydrogens (tertiary/aromatic N) is 1. The second-order valence-corrected chi connectivity index (χ2v) is 8.89. The fraction of sp³-hybridized carbons (Fsp3) is 0.120. The van der Waals surface area contributed by atoms with Gasteiger partial charge in [0.15, 0.2) is 11.5 Å². The summed E-state index contributed by atoms with van der Waals surface area (Å²) in [6, 6.07) is 17.4. The Balaban J connectivity index is 1.61. The zero-order valence-electron chi connectivity index (χ0n) is 17.3. The van der Waals surface area contributed by atoms with Gasteiger partial charge in [-0.05, 0) is 67.8 Å². The van der Waals surface area contributed by atoms with Crippen LogP contribution in [0.25, 0.3) is 16.8 Å². The predicted molar refractivity (Wildman–Crippen MR) is 132 cm³/mol. The number of imide groups is 1. The molecular formula is C25H20BrNO4S. The summed E-state index contributed by atoms with van der Waals surface area (Å²) < 4.78 is 11.8. The summed E-state index contributed by atoms with van der Waals surface area (Å²) in [4.78, 5) is 27.3. The second-order valence-electron chi connectivity index (χ2n) is 7.04. The van der Waals surface area contributed by atoms with Crippen LogP contribution < -0.4 is 9.47 Å². The number of fused-ring (bicyclic) bond motifs is 1. The highest BCUT2D eigenvalue weighted by molar-refractivity contribution is 9.10. The Kier molecular flexibility index (Phi) is 6.67. The zero-order chi connectivity index (χ0) is 22.7. The van der Waals surface area contributed by atoms with Crippen LogP contribution in [0.1, 0.15) is 11.1 Å². The molecule has 0 atom stereocenters. The van der Waals surface area contributed by atoms with Gasteiger partial charge in [0.25, 0.3) is 11.1 Å². The van der Waals surface area contributed by atoms with Gasteiger partial charge in [0.05, 0.1) is 23.0 Å². The van der Waals surface area contributed by atoms with Crippen LogP contribution in [0.4, 0.5) is 4.79 Å². The third-order valence-electron chi connectivity index (χ3n) is 4.98. The lowest BCUT2D eigenvalue weighted by atomic mass is 10.0. The maximum absolute atomic E-state index is 13.0. The van der Waals surface area contributed by atoms with Gasteiger partial charge in [0.1, 0.15) is 6.61 Å². The molecule has 3 aromatic carbocycles. The van der Waals surface area contributed by atoms with E-state index in [9.17, 15) is 9.59 Å². The Morgan fingerprint density at radius 3 is 2.69 bits per heavy atom. The Morgan fingerprint density at radius 1 is 1.12 bits per heavy atom. The Morgan fingerprint density at radius 2 is 1.91 bits per heavy atom. The first kappa shape index (κ1) is 22.2. The molecule has 0 saturated carbocycles. The van der Waals surface area contributed by atoms with Crippen molar-refractivity contribution < 1.29 is 19.1 Å². The summed E-state index contributed by atoms with van der Waals surface area (Å²) in [6.45, 7) is 4.21. The fourth-order valence-corrected chi connectivity index (χ4v) is 4.91. The number of carbonyl (C=O) groups is 2. The number of amides is 2. The van der Waals surface area contributed by atoms with Gasteiger partial charge in [-0.2, -0.15) is 0 Å². The number of rotatable bonds is 7. The first-order valence-electron chi connectivity index (χ1n) is 9.85. The highest BCUT2D eigenvalue weighted by atomic mass is 79.9. The molecule has 162 valence electrons. The van der Waals surface area contributed by atoms with E-state index in [0.29, 0.717) is 27.5 Å². The summed E-state index contributed by atoms with van der Waals surface area (Å²) in [6.07, 6.45) is 3.34. The number of halogens is 1. The first-order chi connectivity index (χ1) is 15.5. The van der Waals surface area contributed by atoms with Crippen LogP contribution in [0.3, 0.4) is 0 Å². The topological polar surface area (TPSA) is 55.8 Å². The Labute approximate surface area is 198 Å². The zero-order valence-corrected chi connectivity index (χ0v) is 19.7. The van der Waals surface area contributed by atoms with E-state index in [0.717, 1.165) is 33.7 Å². The smallest absolute Gasteiger partial charge is 0.293 e. The molecule has 1 fully saturated rings. The van der Waals surface area contributed by atoms with Crippen molar-refractivity contribution in [2.45, 2.75) is 6.54 Å². The fourth-order valence-electron chi connectivity index (χ4n) is 3.49. The third kappa shape index (κ3) is 4.45. The lowest BCUT2D eigenvalue weighted by Gasteiger charge is -2.14. The van der Waals surface area contributed by atoms with Gasteiger partial charge in [-0.15, -0.1) is 0 Å². The molecule has 2 amide bonds. The highest BCUT2D eigenvalue weighted by Gasteiger charge is 2.35. The number of thioether (sulfide) groups is 1. The van der Waals surface area contributed by atoms with E-state index in [2.05, 4.69) is 22.5 Å². The van der Waals surface area contributed by atoms with Crippen molar-refractivity contribution in [3.63, 3.8) is 0 Å². The summed E-state index contributed by atoms with van der Waals surface area (Å²) in [5.74, 6) is 0.756. The quantitative estimate of drug-likeness (QED) is 0.272. The van der Waals surface area contributed by atoms with Crippen molar-refractivity contribution >= 4 is 55.7 Å². The first-order valence-corrected chi connectivity index (χ1v) is 11.5. The third-order valence-corrected chi connectivity index (χ3v) is 6.47. The standard InChI is InChI=1S/C25H20BrNO4S/c1-3-11-31-23-20(26)12-16(13-21(23)30-2)14-22-24(28)27(25(29)32-22)15-18-9-6-8-17-7-4-5-10-19(17)18/h3-10,12-14H,1,11,15H2,2H3/b22-14-. The molecule has 7 heteroatoms. The minimum atomic E-state index is -0.310. The van der Waals surface area contributed by atoms with Crippen LogP contribution in [-0.4, -0.2) is 29.8 Å². The molecule has 1 aliphatic heterocycles. The van der Waals surface area contributed by atoms with Crippen molar-refractivity contribution in [1.29, 1.82) is 0 Å². The van der Waals surface area contributed by atoms with E-state index in [-0.39, 0.29) is 17.7 Å². The molecule has 0 spiro atoms. The minimum Gasteiger partial charge on any atom is -0.493 e. The van der Waals surface area contributed by atoms with Gasteiger partial charge in [-0.3, -0.25) is 14.5 Å². The molecule has 0 aromatic heterocycles. The minimum absolute atomic E-state index is 0.227. The van der Waals surface area contributed by atoms with Crippen LogP contribution in [0, 0.1) is 0 Å². The van der Waals surface area contributed by atoms with Gasteiger partial charge in [0, 0.05) is 0 Å². The molecule has 0 aliphatic carbocycles. The van der Waals surface area contributed by atoms with Crippen LogP contribution in [0.5, 0.6) is 11.5 Å². The molecule has 0 N–H and O–H groups in total. The van der Waals surface area contributed by atoms with E-state index in [1.807, 2.05) is 48.5 Å². The van der Waals surface area contributed by atoms with Crippen molar-refractivity contribution in [3.05, 3.63) is 87.8 Å². The number of methoxy groups -OCH3 is 1. The van der Waals surface area contributed by atoms with E-state index in [1.54, 1.807) is 25.3 Å². The van der Waals surface area contributed by atoms with Crippen molar-refractivity contribution in [1.82, 2.24) is 4.90 Å². The van der Waals surface area contributed by atoms with E-state index >= 15 is 0 Å². The predicted octanol–water partition coefficient (Wildman–Crippen LogP) is 6.41. The molecule has 32 heavy (non-hydrogen) atoms. The van der Waals surface area contributed by atoms with Crippen molar-refractivity contribution in [2.24, 2.45) is 0 Å². The molecule has 1 saturated heterocycles. The molecule has 0 radical (unpaired) electrons. The Hall–Kier alpha value is -3.03. The molecule has 1 heterocycles. The average molecular weight is 510 g/mol.